The molecule has 1 amide bonds. The smallest absolute Gasteiger partial charge is 0.270 e. The Balaban J connectivity index is 1.94. The van der Waals surface area contributed by atoms with Gasteiger partial charge in [-0.05, 0) is 25.8 Å². The predicted molar refractivity (Wildman–Crippen MR) is 77.1 cm³/mol. The lowest BCUT2D eigenvalue weighted by atomic mass is 10.1. The van der Waals surface area contributed by atoms with Crippen LogP contribution in [0.2, 0.25) is 5.02 Å². The maximum atomic E-state index is 12.5. The Bertz CT molecular complexity index is 453. The molecule has 1 aromatic heterocycles. The second-order valence-electron chi connectivity index (χ2n) is 4.92. The Morgan fingerprint density at radius 2 is 2.20 bits per heavy atom. The highest BCUT2D eigenvalue weighted by Gasteiger charge is 2.25. The van der Waals surface area contributed by atoms with Crippen molar-refractivity contribution >= 4 is 17.5 Å². The first-order chi connectivity index (χ1) is 9.65. The third-order valence-electron chi connectivity index (χ3n) is 3.60. The third-order valence-corrected chi connectivity index (χ3v) is 3.80. The first-order valence-corrected chi connectivity index (χ1v) is 7.41. The average molecular weight is 301 g/mol. The van der Waals surface area contributed by atoms with Gasteiger partial charge in [-0.3, -0.25) is 4.79 Å². The fourth-order valence-electron chi connectivity index (χ4n) is 2.52. The van der Waals surface area contributed by atoms with Crippen LogP contribution in [0.3, 0.4) is 0 Å². The van der Waals surface area contributed by atoms with Gasteiger partial charge in [0.1, 0.15) is 5.69 Å². The number of halogens is 1. The molecule has 1 aliphatic rings. The molecule has 2 heterocycles. The zero-order chi connectivity index (χ0) is 14.5. The second kappa shape index (κ2) is 7.11. The lowest BCUT2D eigenvalue weighted by molar-refractivity contribution is -0.00572. The SMILES string of the molecule is CCn1cc(Cl)cc1C(=O)N1CCC(OCCO)CC1. The molecule has 0 bridgehead atoms. The number of aromatic nitrogens is 1. The summed E-state index contributed by atoms with van der Waals surface area (Å²) in [6.45, 7) is 4.49. The first-order valence-electron chi connectivity index (χ1n) is 7.03. The van der Waals surface area contributed by atoms with Crippen molar-refractivity contribution in [3.8, 4) is 0 Å². The summed E-state index contributed by atoms with van der Waals surface area (Å²) in [6.07, 6.45) is 3.55. The summed E-state index contributed by atoms with van der Waals surface area (Å²) in [6, 6.07) is 1.72. The van der Waals surface area contributed by atoms with E-state index in [1.807, 2.05) is 16.4 Å². The summed E-state index contributed by atoms with van der Waals surface area (Å²) in [5.41, 5.74) is 0.646. The molecule has 0 spiro atoms. The zero-order valence-electron chi connectivity index (χ0n) is 11.7. The summed E-state index contributed by atoms with van der Waals surface area (Å²) < 4.78 is 7.37. The van der Waals surface area contributed by atoms with Gasteiger partial charge >= 0.3 is 0 Å². The molecule has 1 saturated heterocycles. The summed E-state index contributed by atoms with van der Waals surface area (Å²) in [4.78, 5) is 14.3. The molecule has 1 aliphatic heterocycles. The van der Waals surface area contributed by atoms with Crippen molar-refractivity contribution in [1.82, 2.24) is 9.47 Å². The number of aliphatic hydroxyl groups excluding tert-OH is 1. The zero-order valence-corrected chi connectivity index (χ0v) is 12.5. The van der Waals surface area contributed by atoms with Gasteiger partial charge in [0, 0.05) is 25.8 Å². The van der Waals surface area contributed by atoms with E-state index in [0.717, 1.165) is 19.4 Å². The molecule has 5 nitrogen and oxygen atoms in total. The lowest BCUT2D eigenvalue weighted by Gasteiger charge is -2.32. The van der Waals surface area contributed by atoms with Crippen LogP contribution in [-0.2, 0) is 11.3 Å². The Hall–Kier alpha value is -1.04. The van der Waals surface area contributed by atoms with E-state index in [2.05, 4.69) is 0 Å². The quantitative estimate of drug-likeness (QED) is 0.902. The molecular weight excluding hydrogens is 280 g/mol. The van der Waals surface area contributed by atoms with Crippen molar-refractivity contribution in [3.05, 3.63) is 23.0 Å². The summed E-state index contributed by atoms with van der Waals surface area (Å²) in [7, 11) is 0. The van der Waals surface area contributed by atoms with E-state index in [-0.39, 0.29) is 18.6 Å². The summed E-state index contributed by atoms with van der Waals surface area (Å²) >= 11 is 5.97. The van der Waals surface area contributed by atoms with Gasteiger partial charge in [-0.15, -0.1) is 0 Å². The minimum absolute atomic E-state index is 0.0272. The highest BCUT2D eigenvalue weighted by atomic mass is 35.5. The molecule has 112 valence electrons. The number of likely N-dealkylation sites (tertiary alicyclic amines) is 1. The van der Waals surface area contributed by atoms with Gasteiger partial charge in [0.25, 0.3) is 5.91 Å². The van der Waals surface area contributed by atoms with Gasteiger partial charge in [0.05, 0.1) is 24.3 Å². The number of rotatable bonds is 5. The maximum absolute atomic E-state index is 12.5. The van der Waals surface area contributed by atoms with E-state index in [9.17, 15) is 4.79 Å². The van der Waals surface area contributed by atoms with Crippen LogP contribution < -0.4 is 0 Å². The van der Waals surface area contributed by atoms with E-state index in [1.165, 1.54) is 0 Å². The minimum atomic E-state index is 0.0272. The number of aliphatic hydroxyl groups is 1. The van der Waals surface area contributed by atoms with Crippen LogP contribution in [0.4, 0.5) is 0 Å². The first kappa shape index (κ1) is 15.4. The van der Waals surface area contributed by atoms with Gasteiger partial charge in [0.15, 0.2) is 0 Å². The Morgan fingerprint density at radius 1 is 1.50 bits per heavy atom. The highest BCUT2D eigenvalue weighted by molar-refractivity contribution is 6.31. The van der Waals surface area contributed by atoms with Crippen LogP contribution in [0.25, 0.3) is 0 Å². The van der Waals surface area contributed by atoms with Crippen molar-refractivity contribution in [2.24, 2.45) is 0 Å². The van der Waals surface area contributed by atoms with Crippen LogP contribution in [0.15, 0.2) is 12.3 Å². The molecule has 1 fully saturated rings. The van der Waals surface area contributed by atoms with E-state index in [1.54, 1.807) is 12.3 Å². The lowest BCUT2D eigenvalue weighted by Crippen LogP contribution is -2.41. The van der Waals surface area contributed by atoms with Crippen molar-refractivity contribution in [2.45, 2.75) is 32.4 Å². The monoisotopic (exact) mass is 300 g/mol. The molecule has 6 heteroatoms. The Kier molecular flexibility index (Phi) is 5.46. The largest absolute Gasteiger partial charge is 0.394 e. The molecule has 0 saturated carbocycles. The minimum Gasteiger partial charge on any atom is -0.394 e. The number of amides is 1. The van der Waals surface area contributed by atoms with Crippen molar-refractivity contribution < 1.29 is 14.6 Å². The molecular formula is C14H21ClN2O3. The van der Waals surface area contributed by atoms with Crippen LogP contribution >= 0.6 is 11.6 Å². The molecule has 2 rings (SSSR count). The van der Waals surface area contributed by atoms with Gasteiger partial charge in [-0.25, -0.2) is 0 Å². The number of piperidine rings is 1. The highest BCUT2D eigenvalue weighted by Crippen LogP contribution is 2.19. The fourth-order valence-corrected chi connectivity index (χ4v) is 2.74. The molecule has 0 unspecified atom stereocenters. The number of ether oxygens (including phenoxy) is 1. The molecule has 1 N–H and O–H groups in total. The van der Waals surface area contributed by atoms with Gasteiger partial charge in [0.2, 0.25) is 0 Å². The molecule has 20 heavy (non-hydrogen) atoms. The molecule has 0 atom stereocenters. The molecule has 0 aromatic carbocycles. The van der Waals surface area contributed by atoms with E-state index in [4.69, 9.17) is 21.4 Å². The standard InChI is InChI=1S/C14H21ClN2O3/c1-2-16-10-11(15)9-13(16)14(19)17-5-3-12(4-6-17)20-8-7-18/h9-10,12,18H,2-8H2,1H3. The van der Waals surface area contributed by atoms with E-state index >= 15 is 0 Å². The Labute approximate surface area is 124 Å². The van der Waals surface area contributed by atoms with Crippen LogP contribution in [0, 0.1) is 0 Å². The number of carbonyl (C=O) groups is 1. The topological polar surface area (TPSA) is 54.7 Å². The van der Waals surface area contributed by atoms with Crippen LogP contribution in [0.5, 0.6) is 0 Å². The maximum Gasteiger partial charge on any atom is 0.270 e. The van der Waals surface area contributed by atoms with E-state index < -0.39 is 0 Å². The third kappa shape index (κ3) is 3.53. The average Bonchev–Trinajstić information content (AvgIpc) is 2.86. The number of nitrogens with zero attached hydrogens (tertiary/aromatic N) is 2. The van der Waals surface area contributed by atoms with Crippen molar-refractivity contribution in [3.63, 3.8) is 0 Å². The number of carbonyl (C=O) groups excluding carboxylic acids is 1. The fraction of sp³-hybridized carbons (Fsp3) is 0.643. The molecule has 0 aliphatic carbocycles. The predicted octanol–water partition coefficient (Wildman–Crippen LogP) is 1.77. The Morgan fingerprint density at radius 3 is 2.80 bits per heavy atom. The van der Waals surface area contributed by atoms with Crippen LogP contribution in [0.1, 0.15) is 30.3 Å². The molecule has 0 radical (unpaired) electrons. The number of aryl methyl sites for hydroxylation is 1. The van der Waals surface area contributed by atoms with Crippen LogP contribution in [-0.4, -0.2) is 52.9 Å². The van der Waals surface area contributed by atoms with Gasteiger partial charge in [-0.1, -0.05) is 11.6 Å². The summed E-state index contributed by atoms with van der Waals surface area (Å²) in [5, 5.41) is 9.33. The molecule has 1 aromatic rings. The van der Waals surface area contributed by atoms with Crippen molar-refractivity contribution in [1.29, 1.82) is 0 Å². The second-order valence-corrected chi connectivity index (χ2v) is 5.35. The number of hydrogen-bond donors (Lipinski definition) is 1. The van der Waals surface area contributed by atoms with Crippen molar-refractivity contribution in [2.75, 3.05) is 26.3 Å². The van der Waals surface area contributed by atoms with Gasteiger partial charge in [-0.2, -0.15) is 0 Å². The van der Waals surface area contributed by atoms with E-state index in [0.29, 0.717) is 30.4 Å². The van der Waals surface area contributed by atoms with Gasteiger partial charge < -0.3 is 19.3 Å². The number of hydrogen-bond acceptors (Lipinski definition) is 3. The summed E-state index contributed by atoms with van der Waals surface area (Å²) in [5.74, 6) is 0.0272. The normalized spacial score (nSPS) is 16.6.